The number of methoxy groups -OCH3 is 4. The summed E-state index contributed by atoms with van der Waals surface area (Å²) in [6, 6.07) is 29.2. The second-order valence-corrected chi connectivity index (χ2v) is 9.76. The van der Waals surface area contributed by atoms with Gasteiger partial charge < -0.3 is 28.1 Å². The smallest absolute Gasteiger partial charge is 0.162 e. The summed E-state index contributed by atoms with van der Waals surface area (Å²) in [6.45, 7) is 1.46. The number of benzene rings is 4. The highest BCUT2D eigenvalue weighted by Crippen LogP contribution is 2.44. The van der Waals surface area contributed by atoms with Crippen molar-refractivity contribution in [2.75, 3.05) is 28.4 Å². The van der Waals surface area contributed by atoms with Crippen molar-refractivity contribution in [3.8, 4) is 34.1 Å². The normalized spacial score (nSPS) is 11.2. The lowest BCUT2D eigenvalue weighted by Gasteiger charge is -2.10. The molecule has 0 atom stereocenters. The van der Waals surface area contributed by atoms with Gasteiger partial charge in [-0.05, 0) is 23.3 Å². The Balaban J connectivity index is 1.61. The maximum atomic E-state index is 5.73. The monoisotopic (exact) mass is 532 g/mol. The number of fused-ring (bicyclic) bond motifs is 2. The molecule has 0 saturated heterocycles. The summed E-state index contributed by atoms with van der Waals surface area (Å²) in [4.78, 5) is 0. The number of aromatic nitrogens is 2. The molecule has 6 heteroatoms. The molecule has 0 bridgehead atoms. The van der Waals surface area contributed by atoms with E-state index < -0.39 is 0 Å². The molecule has 0 saturated carbocycles. The van der Waals surface area contributed by atoms with Gasteiger partial charge in [0.2, 0.25) is 0 Å². The zero-order valence-corrected chi connectivity index (χ0v) is 23.2. The highest BCUT2D eigenvalue weighted by Gasteiger charge is 2.21. The molecule has 0 amide bonds. The molecule has 6 aromatic rings. The highest BCUT2D eigenvalue weighted by atomic mass is 16.5. The number of rotatable bonds is 9. The fourth-order valence-corrected chi connectivity index (χ4v) is 5.48. The predicted octanol–water partition coefficient (Wildman–Crippen LogP) is 7.39. The number of hydrogen-bond donors (Lipinski definition) is 0. The van der Waals surface area contributed by atoms with Crippen LogP contribution in [0.25, 0.3) is 32.9 Å². The van der Waals surface area contributed by atoms with E-state index in [1.54, 1.807) is 28.4 Å². The Kier molecular flexibility index (Phi) is 6.83. The lowest BCUT2D eigenvalue weighted by atomic mass is 10.0. The van der Waals surface area contributed by atoms with Gasteiger partial charge in [-0.3, -0.25) is 0 Å². The minimum atomic E-state index is 0.695. The van der Waals surface area contributed by atoms with Gasteiger partial charge in [0.25, 0.3) is 0 Å². The van der Waals surface area contributed by atoms with E-state index in [-0.39, 0.29) is 0 Å². The molecular formula is C34H32N2O4. The van der Waals surface area contributed by atoms with Crippen LogP contribution in [0.5, 0.6) is 23.0 Å². The fourth-order valence-electron chi connectivity index (χ4n) is 5.48. The van der Waals surface area contributed by atoms with Crippen molar-refractivity contribution >= 4 is 21.8 Å². The molecule has 40 heavy (non-hydrogen) atoms. The van der Waals surface area contributed by atoms with Gasteiger partial charge in [0.1, 0.15) is 0 Å². The number of ether oxygens (including phenoxy) is 4. The van der Waals surface area contributed by atoms with Crippen molar-refractivity contribution in [1.29, 1.82) is 0 Å². The first kappa shape index (κ1) is 25.4. The average Bonchev–Trinajstić information content (AvgIpc) is 3.53. The molecule has 0 aliphatic heterocycles. The summed E-state index contributed by atoms with van der Waals surface area (Å²) in [5, 5.41) is 2.17. The second-order valence-electron chi connectivity index (χ2n) is 9.76. The molecule has 6 rings (SSSR count). The van der Waals surface area contributed by atoms with Gasteiger partial charge in [-0.25, -0.2) is 0 Å². The summed E-state index contributed by atoms with van der Waals surface area (Å²) < 4.78 is 27.4. The van der Waals surface area contributed by atoms with Crippen LogP contribution in [0, 0.1) is 0 Å². The first-order chi connectivity index (χ1) is 19.6. The van der Waals surface area contributed by atoms with Gasteiger partial charge in [-0.1, -0.05) is 60.7 Å². The Labute approximate surface area is 233 Å². The van der Waals surface area contributed by atoms with Crippen LogP contribution in [0.1, 0.15) is 11.1 Å². The third-order valence-corrected chi connectivity index (χ3v) is 7.45. The molecule has 2 aromatic heterocycles. The Bertz CT molecular complexity index is 1650. The van der Waals surface area contributed by atoms with E-state index in [1.165, 1.54) is 11.1 Å². The molecule has 0 radical (unpaired) electrons. The lowest BCUT2D eigenvalue weighted by Crippen LogP contribution is -1.98. The fraction of sp³-hybridized carbons (Fsp3) is 0.176. The molecule has 0 N–H and O–H groups in total. The Morgan fingerprint density at radius 2 is 0.825 bits per heavy atom. The van der Waals surface area contributed by atoms with Crippen LogP contribution in [-0.4, -0.2) is 37.6 Å². The molecule has 0 aliphatic carbocycles. The quantitative estimate of drug-likeness (QED) is 0.195. The average molecular weight is 533 g/mol. The first-order valence-electron chi connectivity index (χ1n) is 13.2. The van der Waals surface area contributed by atoms with Crippen LogP contribution >= 0.6 is 0 Å². The third-order valence-electron chi connectivity index (χ3n) is 7.45. The standard InChI is InChI=1S/C34H32N2O4/c1-37-31-15-25-27(21-35(29(25)17-33(31)39-3)19-23-11-7-5-8-12-23)28-22-36(20-24-13-9-6-10-14-24)30-18-34(40-4)32(38-2)16-26(28)30/h5-18,21-22H,19-20H2,1-4H3. The highest BCUT2D eigenvalue weighted by molar-refractivity contribution is 6.07. The number of hydrogen-bond acceptors (Lipinski definition) is 4. The summed E-state index contributed by atoms with van der Waals surface area (Å²) in [5.41, 5.74) is 6.80. The minimum absolute atomic E-state index is 0.695. The van der Waals surface area contributed by atoms with Crippen molar-refractivity contribution in [1.82, 2.24) is 9.13 Å². The molecule has 0 fully saturated rings. The first-order valence-corrected chi connectivity index (χ1v) is 13.2. The van der Waals surface area contributed by atoms with Crippen LogP contribution in [0.2, 0.25) is 0 Å². The second kappa shape index (κ2) is 10.7. The van der Waals surface area contributed by atoms with E-state index in [9.17, 15) is 0 Å². The van der Waals surface area contributed by atoms with E-state index in [1.807, 2.05) is 12.1 Å². The zero-order valence-electron chi connectivity index (χ0n) is 23.2. The van der Waals surface area contributed by atoms with E-state index >= 15 is 0 Å². The minimum Gasteiger partial charge on any atom is -0.493 e. The van der Waals surface area contributed by atoms with Gasteiger partial charge in [0.15, 0.2) is 23.0 Å². The summed E-state index contributed by atoms with van der Waals surface area (Å²) in [7, 11) is 6.69. The van der Waals surface area contributed by atoms with Gasteiger partial charge in [-0.2, -0.15) is 0 Å². The van der Waals surface area contributed by atoms with Crippen molar-refractivity contribution in [2.45, 2.75) is 13.1 Å². The molecule has 6 nitrogen and oxygen atoms in total. The van der Waals surface area contributed by atoms with Gasteiger partial charge in [-0.15, -0.1) is 0 Å². The van der Waals surface area contributed by atoms with Crippen molar-refractivity contribution in [3.05, 3.63) is 108 Å². The van der Waals surface area contributed by atoms with E-state index in [2.05, 4.69) is 94.3 Å². The summed E-state index contributed by atoms with van der Waals surface area (Å²) >= 11 is 0. The van der Waals surface area contributed by atoms with Crippen LogP contribution in [0.4, 0.5) is 0 Å². The van der Waals surface area contributed by atoms with Crippen molar-refractivity contribution in [3.63, 3.8) is 0 Å². The molecule has 4 aromatic carbocycles. The summed E-state index contributed by atoms with van der Waals surface area (Å²) in [5.74, 6) is 2.79. The molecule has 0 aliphatic rings. The predicted molar refractivity (Wildman–Crippen MR) is 160 cm³/mol. The summed E-state index contributed by atoms with van der Waals surface area (Å²) in [6.07, 6.45) is 4.46. The van der Waals surface area contributed by atoms with E-state index in [0.717, 1.165) is 46.0 Å². The molecule has 0 spiro atoms. The largest absolute Gasteiger partial charge is 0.493 e. The molecule has 202 valence electrons. The molecule has 0 unspecified atom stereocenters. The third kappa shape index (κ3) is 4.51. The lowest BCUT2D eigenvalue weighted by molar-refractivity contribution is 0.355. The molecular weight excluding hydrogens is 500 g/mol. The zero-order chi connectivity index (χ0) is 27.6. The van der Waals surface area contributed by atoms with Gasteiger partial charge in [0, 0.05) is 59.5 Å². The van der Waals surface area contributed by atoms with Gasteiger partial charge >= 0.3 is 0 Å². The SMILES string of the molecule is COc1cc2c(-c3cn(Cc4ccccc4)c4cc(OC)c(OC)cc34)cn(Cc3ccccc3)c2cc1OC. The van der Waals surface area contributed by atoms with E-state index in [4.69, 9.17) is 18.9 Å². The maximum Gasteiger partial charge on any atom is 0.162 e. The maximum absolute atomic E-state index is 5.73. The number of nitrogens with zero attached hydrogens (tertiary/aromatic N) is 2. The Morgan fingerprint density at radius 3 is 1.18 bits per heavy atom. The van der Waals surface area contributed by atoms with Crippen LogP contribution < -0.4 is 18.9 Å². The Hall–Kier alpha value is -4.84. The van der Waals surface area contributed by atoms with Crippen LogP contribution in [0.15, 0.2) is 97.3 Å². The van der Waals surface area contributed by atoms with Gasteiger partial charge in [0.05, 0.1) is 39.5 Å². The van der Waals surface area contributed by atoms with Crippen LogP contribution in [-0.2, 0) is 13.1 Å². The Morgan fingerprint density at radius 1 is 0.475 bits per heavy atom. The van der Waals surface area contributed by atoms with Crippen LogP contribution in [0.3, 0.4) is 0 Å². The van der Waals surface area contributed by atoms with E-state index in [0.29, 0.717) is 23.0 Å². The van der Waals surface area contributed by atoms with Crippen molar-refractivity contribution < 1.29 is 18.9 Å². The topological polar surface area (TPSA) is 46.8 Å². The molecule has 2 heterocycles. The van der Waals surface area contributed by atoms with Crippen molar-refractivity contribution in [2.24, 2.45) is 0 Å².